The summed E-state index contributed by atoms with van der Waals surface area (Å²) >= 11 is 0. The normalized spacial score (nSPS) is 16.8. The molecule has 4 rings (SSSR count). The fourth-order valence-electron chi connectivity index (χ4n) is 2.80. The molecule has 0 bridgehead atoms. The van der Waals surface area contributed by atoms with Crippen LogP contribution in [-0.4, -0.2) is 46.9 Å². The zero-order valence-electron chi connectivity index (χ0n) is 13.1. The first-order valence-corrected chi connectivity index (χ1v) is 7.69. The number of furan rings is 1. The van der Waals surface area contributed by atoms with Crippen molar-refractivity contribution in [2.75, 3.05) is 0 Å². The minimum atomic E-state index is -0.155. The molecule has 1 N–H and O–H groups in total. The van der Waals surface area contributed by atoms with Crippen LogP contribution in [0.25, 0.3) is 11.6 Å². The molecule has 0 radical (unpaired) electrons. The summed E-state index contributed by atoms with van der Waals surface area (Å²) < 4.78 is 7.24. The average Bonchev–Trinajstić information content (AvgIpc) is 3.29. The topological polar surface area (TPSA) is 117 Å². The van der Waals surface area contributed by atoms with E-state index in [0.29, 0.717) is 18.1 Å². The Morgan fingerprint density at radius 1 is 1.42 bits per heavy atom. The molecule has 0 aromatic carbocycles. The van der Waals surface area contributed by atoms with Gasteiger partial charge in [-0.1, -0.05) is 0 Å². The van der Waals surface area contributed by atoms with Crippen molar-refractivity contribution in [3.63, 3.8) is 0 Å². The second-order valence-corrected chi connectivity index (χ2v) is 5.70. The number of aromatic nitrogens is 7. The highest BCUT2D eigenvalue weighted by Crippen LogP contribution is 2.15. The summed E-state index contributed by atoms with van der Waals surface area (Å²) in [5, 5.41) is 23.1. The summed E-state index contributed by atoms with van der Waals surface area (Å²) in [6, 6.07) is 3.53. The van der Waals surface area contributed by atoms with Gasteiger partial charge in [-0.05, 0) is 30.7 Å². The van der Waals surface area contributed by atoms with Crippen LogP contribution in [0.4, 0.5) is 0 Å². The Balaban J connectivity index is 1.37. The first-order valence-electron chi connectivity index (χ1n) is 7.69. The van der Waals surface area contributed by atoms with E-state index in [-0.39, 0.29) is 18.5 Å². The van der Waals surface area contributed by atoms with Crippen LogP contribution in [-0.2, 0) is 24.3 Å². The number of nitrogens with one attached hydrogen (secondary N) is 1. The fraction of sp³-hybridized carbons (Fsp3) is 0.429. The third-order valence-electron chi connectivity index (χ3n) is 3.98. The molecule has 124 valence electrons. The number of carbonyl (C=O) groups is 1. The van der Waals surface area contributed by atoms with Gasteiger partial charge in [-0.15, -0.1) is 20.4 Å². The Bertz CT molecular complexity index is 850. The van der Waals surface area contributed by atoms with Crippen molar-refractivity contribution in [1.82, 2.24) is 40.3 Å². The summed E-state index contributed by atoms with van der Waals surface area (Å²) in [5.41, 5.74) is 0. The van der Waals surface area contributed by atoms with Crippen LogP contribution >= 0.6 is 0 Å². The number of tetrazole rings is 1. The van der Waals surface area contributed by atoms with Gasteiger partial charge in [-0.2, -0.15) is 4.80 Å². The molecule has 3 aromatic heterocycles. The van der Waals surface area contributed by atoms with E-state index in [4.69, 9.17) is 4.42 Å². The van der Waals surface area contributed by atoms with E-state index in [9.17, 15) is 4.79 Å². The maximum absolute atomic E-state index is 12.2. The molecule has 1 aliphatic rings. The summed E-state index contributed by atoms with van der Waals surface area (Å²) in [6.45, 7) is 2.61. The van der Waals surface area contributed by atoms with Gasteiger partial charge >= 0.3 is 0 Å². The van der Waals surface area contributed by atoms with E-state index in [2.05, 4.69) is 30.9 Å². The predicted octanol–water partition coefficient (Wildman–Crippen LogP) is -0.0358. The van der Waals surface area contributed by atoms with Crippen LogP contribution in [0.3, 0.4) is 0 Å². The SMILES string of the molecule is Cc1nnc2n1C[C@@H](NC(=O)Cn1nnc(-c3ccco3)n1)CC2. The Morgan fingerprint density at radius 3 is 3.17 bits per heavy atom. The Morgan fingerprint density at radius 2 is 2.33 bits per heavy atom. The van der Waals surface area contributed by atoms with Crippen LogP contribution in [0, 0.1) is 6.92 Å². The number of hydrogen-bond acceptors (Lipinski definition) is 7. The molecule has 0 unspecified atom stereocenters. The van der Waals surface area contributed by atoms with Crippen molar-refractivity contribution in [1.29, 1.82) is 0 Å². The highest BCUT2D eigenvalue weighted by Gasteiger charge is 2.23. The van der Waals surface area contributed by atoms with Crippen molar-refractivity contribution < 1.29 is 9.21 Å². The van der Waals surface area contributed by atoms with Crippen molar-refractivity contribution >= 4 is 5.91 Å². The summed E-state index contributed by atoms with van der Waals surface area (Å²) in [7, 11) is 0. The lowest BCUT2D eigenvalue weighted by atomic mass is 10.1. The van der Waals surface area contributed by atoms with Gasteiger partial charge in [-0.25, -0.2) is 0 Å². The van der Waals surface area contributed by atoms with Crippen LogP contribution in [0.2, 0.25) is 0 Å². The molecule has 0 saturated carbocycles. The average molecular weight is 328 g/mol. The second-order valence-electron chi connectivity index (χ2n) is 5.70. The molecule has 1 aliphatic heterocycles. The lowest BCUT2D eigenvalue weighted by molar-refractivity contribution is -0.123. The van der Waals surface area contributed by atoms with E-state index in [1.54, 1.807) is 12.1 Å². The number of nitrogens with zero attached hydrogens (tertiary/aromatic N) is 7. The van der Waals surface area contributed by atoms with Gasteiger partial charge in [0.05, 0.1) is 6.26 Å². The number of aryl methyl sites for hydroxylation is 2. The van der Waals surface area contributed by atoms with Crippen LogP contribution < -0.4 is 5.32 Å². The summed E-state index contributed by atoms with van der Waals surface area (Å²) in [4.78, 5) is 13.5. The molecule has 3 aromatic rings. The van der Waals surface area contributed by atoms with E-state index < -0.39 is 0 Å². The first-order chi connectivity index (χ1) is 11.7. The number of fused-ring (bicyclic) bond motifs is 1. The number of hydrogen-bond donors (Lipinski definition) is 1. The van der Waals surface area contributed by atoms with Crippen molar-refractivity contribution in [3.8, 4) is 11.6 Å². The molecular weight excluding hydrogens is 312 g/mol. The number of carbonyl (C=O) groups excluding carboxylic acids is 1. The van der Waals surface area contributed by atoms with Gasteiger partial charge in [0.25, 0.3) is 0 Å². The van der Waals surface area contributed by atoms with Crippen molar-refractivity contribution in [3.05, 3.63) is 30.0 Å². The fourth-order valence-corrected chi connectivity index (χ4v) is 2.80. The molecule has 4 heterocycles. The number of amides is 1. The molecule has 0 fully saturated rings. The molecule has 0 saturated heterocycles. The zero-order valence-corrected chi connectivity index (χ0v) is 13.1. The highest BCUT2D eigenvalue weighted by molar-refractivity contribution is 5.75. The van der Waals surface area contributed by atoms with Gasteiger partial charge in [0.2, 0.25) is 11.7 Å². The van der Waals surface area contributed by atoms with E-state index in [1.807, 2.05) is 11.5 Å². The van der Waals surface area contributed by atoms with E-state index in [1.165, 1.54) is 11.1 Å². The smallest absolute Gasteiger partial charge is 0.243 e. The van der Waals surface area contributed by atoms with Gasteiger partial charge in [0.1, 0.15) is 18.2 Å². The molecule has 0 spiro atoms. The quantitative estimate of drug-likeness (QED) is 0.714. The number of rotatable bonds is 4. The molecule has 1 amide bonds. The molecule has 1 atom stereocenters. The monoisotopic (exact) mass is 328 g/mol. The van der Waals surface area contributed by atoms with E-state index in [0.717, 1.165) is 24.5 Å². The van der Waals surface area contributed by atoms with Crippen LogP contribution in [0.1, 0.15) is 18.1 Å². The van der Waals surface area contributed by atoms with Gasteiger partial charge in [-0.3, -0.25) is 4.79 Å². The van der Waals surface area contributed by atoms with Gasteiger partial charge in [0.15, 0.2) is 5.76 Å². The zero-order chi connectivity index (χ0) is 16.5. The van der Waals surface area contributed by atoms with Crippen molar-refractivity contribution in [2.24, 2.45) is 0 Å². The minimum Gasteiger partial charge on any atom is -0.461 e. The maximum Gasteiger partial charge on any atom is 0.243 e. The lowest BCUT2D eigenvalue weighted by Crippen LogP contribution is -2.42. The maximum atomic E-state index is 12.2. The molecule has 10 nitrogen and oxygen atoms in total. The second kappa shape index (κ2) is 5.87. The molecule has 10 heteroatoms. The standard InChI is InChI=1S/C14H16N8O2/c1-9-16-17-12-5-4-10(7-21(9)12)15-13(23)8-22-19-14(18-20-22)11-3-2-6-24-11/h2-3,6,10H,4-5,7-8H2,1H3,(H,15,23)/t10-/m0/s1. The molecule has 0 aliphatic carbocycles. The lowest BCUT2D eigenvalue weighted by Gasteiger charge is -2.24. The van der Waals surface area contributed by atoms with E-state index >= 15 is 0 Å². The predicted molar refractivity (Wildman–Crippen MR) is 80.5 cm³/mol. The largest absolute Gasteiger partial charge is 0.461 e. The van der Waals surface area contributed by atoms with Gasteiger partial charge < -0.3 is 14.3 Å². The third kappa shape index (κ3) is 2.77. The third-order valence-corrected chi connectivity index (χ3v) is 3.98. The van der Waals surface area contributed by atoms with Crippen LogP contribution in [0.15, 0.2) is 22.8 Å². The molecule has 24 heavy (non-hydrogen) atoms. The Hall–Kier alpha value is -3.04. The summed E-state index contributed by atoms with van der Waals surface area (Å²) in [6.07, 6.45) is 3.18. The minimum absolute atomic E-state index is 0.0121. The summed E-state index contributed by atoms with van der Waals surface area (Å²) in [5.74, 6) is 2.56. The highest BCUT2D eigenvalue weighted by atomic mass is 16.3. The first kappa shape index (κ1) is 14.5. The molecular formula is C14H16N8O2. The van der Waals surface area contributed by atoms with Gasteiger partial charge in [0, 0.05) is 19.0 Å². The van der Waals surface area contributed by atoms with Crippen molar-refractivity contribution in [2.45, 2.75) is 38.9 Å². The Kier molecular flexibility index (Phi) is 3.56. The van der Waals surface area contributed by atoms with Crippen LogP contribution in [0.5, 0.6) is 0 Å². The Labute approximate surface area is 136 Å².